The molecule has 0 fully saturated rings. The van der Waals surface area contributed by atoms with Gasteiger partial charge in [-0.05, 0) is 37.1 Å². The van der Waals surface area contributed by atoms with E-state index in [4.69, 9.17) is 4.55 Å². The molecule has 0 saturated heterocycles. The van der Waals surface area contributed by atoms with Gasteiger partial charge >= 0.3 is 0 Å². The van der Waals surface area contributed by atoms with E-state index in [0.29, 0.717) is 0 Å². The zero-order valence-electron chi connectivity index (χ0n) is 13.3. The molecule has 0 spiro atoms. The maximum absolute atomic E-state index is 11.0. The number of unbranched alkanes of at least 4 members (excludes halogenated alkanes) is 6. The highest BCUT2D eigenvalue weighted by Gasteiger charge is 2.08. The molecule has 0 aliphatic heterocycles. The summed E-state index contributed by atoms with van der Waals surface area (Å²) in [6, 6.07) is 6.00. The fourth-order valence-electron chi connectivity index (χ4n) is 2.27. The Labute approximate surface area is 134 Å². The Balaban J connectivity index is 2.25. The molecule has 0 aliphatic rings. The van der Waals surface area contributed by atoms with E-state index in [1.165, 1.54) is 50.7 Å². The van der Waals surface area contributed by atoms with Crippen molar-refractivity contribution in [3.8, 4) is 0 Å². The first-order chi connectivity index (χ1) is 10.4. The highest BCUT2D eigenvalue weighted by atomic mass is 32.2. The molecule has 0 heterocycles. The van der Waals surface area contributed by atoms with Crippen LogP contribution in [0.3, 0.4) is 0 Å². The predicted molar refractivity (Wildman–Crippen MR) is 91.6 cm³/mol. The molecule has 0 saturated carbocycles. The molecule has 1 aromatic carbocycles. The van der Waals surface area contributed by atoms with Gasteiger partial charge in [0.05, 0.1) is 4.90 Å². The summed E-state index contributed by atoms with van der Waals surface area (Å²) in [6.45, 7) is 6.21. The van der Waals surface area contributed by atoms with Crippen LogP contribution >= 0.6 is 0 Å². The Hall–Kier alpha value is -1.33. The number of benzene rings is 1. The van der Waals surface area contributed by atoms with E-state index in [1.807, 2.05) is 0 Å². The van der Waals surface area contributed by atoms with Crippen molar-refractivity contribution in [2.75, 3.05) is 5.32 Å². The SMILES string of the molecule is C=C(CCCCCCCCC)Nc1ccc(S(=O)(=O)O)cc1. The molecule has 0 atom stereocenters. The summed E-state index contributed by atoms with van der Waals surface area (Å²) in [4.78, 5) is -0.101. The lowest BCUT2D eigenvalue weighted by Gasteiger charge is -2.10. The Bertz CT molecular complexity index is 550. The lowest BCUT2D eigenvalue weighted by molar-refractivity contribution is 0.483. The normalized spacial score (nSPS) is 11.4. The Morgan fingerprint density at radius 2 is 1.59 bits per heavy atom. The molecule has 0 aromatic heterocycles. The van der Waals surface area contributed by atoms with E-state index < -0.39 is 10.1 Å². The maximum atomic E-state index is 11.0. The summed E-state index contributed by atoms with van der Waals surface area (Å²) in [5.74, 6) is 0. The molecule has 4 nitrogen and oxygen atoms in total. The van der Waals surface area contributed by atoms with Gasteiger partial charge < -0.3 is 5.32 Å². The second-order valence-corrected chi connectivity index (χ2v) is 7.02. The van der Waals surface area contributed by atoms with Crippen LogP contribution in [0.5, 0.6) is 0 Å². The van der Waals surface area contributed by atoms with Crippen LogP contribution in [0.25, 0.3) is 0 Å². The summed E-state index contributed by atoms with van der Waals surface area (Å²) >= 11 is 0. The number of hydrogen-bond donors (Lipinski definition) is 2. The average Bonchev–Trinajstić information content (AvgIpc) is 2.46. The minimum absolute atomic E-state index is 0.101. The van der Waals surface area contributed by atoms with Crippen molar-refractivity contribution in [3.63, 3.8) is 0 Å². The molecule has 0 aliphatic carbocycles. The first-order valence-electron chi connectivity index (χ1n) is 7.96. The number of nitrogens with one attached hydrogen (secondary N) is 1. The van der Waals surface area contributed by atoms with Crippen LogP contribution in [0.2, 0.25) is 0 Å². The largest absolute Gasteiger partial charge is 0.359 e. The molecule has 0 amide bonds. The Morgan fingerprint density at radius 1 is 1.05 bits per heavy atom. The Kier molecular flexibility index (Phi) is 8.20. The Morgan fingerprint density at radius 3 is 2.14 bits per heavy atom. The molecule has 0 unspecified atom stereocenters. The van der Waals surface area contributed by atoms with E-state index in [0.717, 1.165) is 24.2 Å². The zero-order chi connectivity index (χ0) is 16.4. The van der Waals surface area contributed by atoms with Gasteiger partial charge in [-0.1, -0.05) is 52.0 Å². The van der Waals surface area contributed by atoms with E-state index >= 15 is 0 Å². The second kappa shape index (κ2) is 9.64. The van der Waals surface area contributed by atoms with E-state index in [-0.39, 0.29) is 4.90 Å². The van der Waals surface area contributed by atoms with Crippen LogP contribution in [0, 0.1) is 0 Å². The summed E-state index contributed by atoms with van der Waals surface area (Å²) in [5.41, 5.74) is 1.70. The fraction of sp³-hybridized carbons (Fsp3) is 0.529. The van der Waals surface area contributed by atoms with Crippen molar-refractivity contribution in [2.45, 2.75) is 63.2 Å². The van der Waals surface area contributed by atoms with E-state index in [2.05, 4.69) is 18.8 Å². The molecular formula is C17H27NO3S. The molecule has 1 rings (SSSR count). The molecule has 2 N–H and O–H groups in total. The maximum Gasteiger partial charge on any atom is 0.294 e. The van der Waals surface area contributed by atoms with E-state index in [9.17, 15) is 8.42 Å². The van der Waals surface area contributed by atoms with Gasteiger partial charge in [-0.3, -0.25) is 4.55 Å². The van der Waals surface area contributed by atoms with Crippen molar-refractivity contribution in [2.24, 2.45) is 0 Å². The highest BCUT2D eigenvalue weighted by Crippen LogP contribution is 2.17. The monoisotopic (exact) mass is 325 g/mol. The zero-order valence-corrected chi connectivity index (χ0v) is 14.2. The molecule has 0 bridgehead atoms. The van der Waals surface area contributed by atoms with Crippen molar-refractivity contribution in [3.05, 3.63) is 36.5 Å². The summed E-state index contributed by atoms with van der Waals surface area (Å²) in [7, 11) is -4.13. The number of allylic oxidation sites excluding steroid dienone is 1. The summed E-state index contributed by atoms with van der Waals surface area (Å²) < 4.78 is 30.8. The van der Waals surface area contributed by atoms with Crippen LogP contribution < -0.4 is 5.32 Å². The fourth-order valence-corrected chi connectivity index (χ4v) is 2.75. The van der Waals surface area contributed by atoms with Gasteiger partial charge in [-0.25, -0.2) is 0 Å². The van der Waals surface area contributed by atoms with Gasteiger partial charge in [0.2, 0.25) is 0 Å². The smallest absolute Gasteiger partial charge is 0.294 e. The molecular weight excluding hydrogens is 298 g/mol. The molecule has 0 radical (unpaired) electrons. The topological polar surface area (TPSA) is 66.4 Å². The van der Waals surface area contributed by atoms with Crippen LogP contribution in [-0.4, -0.2) is 13.0 Å². The van der Waals surface area contributed by atoms with Crippen molar-refractivity contribution < 1.29 is 13.0 Å². The van der Waals surface area contributed by atoms with Crippen LogP contribution in [0.1, 0.15) is 58.3 Å². The van der Waals surface area contributed by atoms with Crippen LogP contribution in [0.15, 0.2) is 41.4 Å². The third kappa shape index (κ3) is 7.61. The first-order valence-corrected chi connectivity index (χ1v) is 9.40. The van der Waals surface area contributed by atoms with Crippen LogP contribution in [-0.2, 0) is 10.1 Å². The molecule has 22 heavy (non-hydrogen) atoms. The first kappa shape index (κ1) is 18.7. The van der Waals surface area contributed by atoms with Gasteiger partial charge in [0.1, 0.15) is 0 Å². The van der Waals surface area contributed by atoms with Crippen molar-refractivity contribution >= 4 is 15.8 Å². The predicted octanol–water partition coefficient (Wildman–Crippen LogP) is 5.00. The molecule has 124 valence electrons. The highest BCUT2D eigenvalue weighted by molar-refractivity contribution is 7.85. The number of anilines is 1. The summed E-state index contributed by atoms with van der Waals surface area (Å²) in [6.07, 6.45) is 9.75. The number of hydrogen-bond acceptors (Lipinski definition) is 3. The third-order valence-corrected chi connectivity index (χ3v) is 4.42. The average molecular weight is 325 g/mol. The quantitative estimate of drug-likeness (QED) is 0.444. The van der Waals surface area contributed by atoms with Gasteiger partial charge in [-0.2, -0.15) is 8.42 Å². The minimum Gasteiger partial charge on any atom is -0.359 e. The van der Waals surface area contributed by atoms with Gasteiger partial charge in [-0.15, -0.1) is 0 Å². The van der Waals surface area contributed by atoms with Gasteiger partial charge in [0.15, 0.2) is 0 Å². The van der Waals surface area contributed by atoms with E-state index in [1.54, 1.807) is 12.1 Å². The standard InChI is InChI=1S/C17H27NO3S/c1-3-4-5-6-7-8-9-10-15(2)18-16-11-13-17(14-12-16)22(19,20)21/h11-14,18H,2-10H2,1H3,(H,19,20,21). The summed E-state index contributed by atoms with van der Waals surface area (Å²) in [5, 5.41) is 3.16. The number of rotatable bonds is 11. The lowest BCUT2D eigenvalue weighted by atomic mass is 10.1. The molecule has 5 heteroatoms. The van der Waals surface area contributed by atoms with Gasteiger partial charge in [0.25, 0.3) is 10.1 Å². The molecule has 1 aromatic rings. The lowest BCUT2D eigenvalue weighted by Crippen LogP contribution is -2.00. The third-order valence-electron chi connectivity index (χ3n) is 3.56. The second-order valence-electron chi connectivity index (χ2n) is 5.60. The van der Waals surface area contributed by atoms with Crippen molar-refractivity contribution in [1.29, 1.82) is 0 Å². The van der Waals surface area contributed by atoms with Gasteiger partial charge in [0, 0.05) is 11.4 Å². The van der Waals surface area contributed by atoms with Crippen LogP contribution in [0.4, 0.5) is 5.69 Å². The minimum atomic E-state index is -4.13. The van der Waals surface area contributed by atoms with Crippen molar-refractivity contribution in [1.82, 2.24) is 0 Å².